The molecule has 0 N–H and O–H groups in total. The first-order valence-corrected chi connectivity index (χ1v) is 9.31. The first-order chi connectivity index (χ1) is 11.6. The van der Waals surface area contributed by atoms with Gasteiger partial charge in [-0.15, -0.1) is 0 Å². The van der Waals surface area contributed by atoms with Gasteiger partial charge in [0.2, 0.25) is 0 Å². The number of aryl methyl sites for hydroxylation is 1. The van der Waals surface area contributed by atoms with E-state index in [-0.39, 0.29) is 22.8 Å². The van der Waals surface area contributed by atoms with Crippen LogP contribution in [0.2, 0.25) is 0 Å². The molecule has 136 valence electrons. The highest BCUT2D eigenvalue weighted by Crippen LogP contribution is 2.20. The molecule has 1 amide bonds. The monoisotopic (exact) mass is 370 g/mol. The maximum atomic E-state index is 12.1. The molecule has 0 spiro atoms. The number of amides is 1. The van der Waals surface area contributed by atoms with Crippen LogP contribution in [0.1, 0.15) is 22.3 Å². The summed E-state index contributed by atoms with van der Waals surface area (Å²) in [5.74, 6) is -1.34. The van der Waals surface area contributed by atoms with Crippen LogP contribution in [0.5, 0.6) is 0 Å². The zero-order valence-corrected chi connectivity index (χ0v) is 14.6. The van der Waals surface area contributed by atoms with Gasteiger partial charge in [-0.1, -0.05) is 0 Å². The van der Waals surface area contributed by atoms with Gasteiger partial charge in [0, 0.05) is 24.7 Å². The Labute approximate surface area is 144 Å². The molecule has 1 fully saturated rings. The highest BCUT2D eigenvalue weighted by atomic mass is 32.2. The van der Waals surface area contributed by atoms with Crippen LogP contribution in [0.15, 0.2) is 18.2 Å². The van der Waals surface area contributed by atoms with Gasteiger partial charge in [-0.25, -0.2) is 13.2 Å². The van der Waals surface area contributed by atoms with Crippen LogP contribution >= 0.6 is 0 Å². The third kappa shape index (κ3) is 4.53. The number of benzene rings is 1. The second kappa shape index (κ2) is 7.18. The Morgan fingerprint density at radius 1 is 1.40 bits per heavy atom. The number of likely N-dealkylation sites (N-methyl/N-ethyl adjacent to an activating group) is 1. The molecule has 9 nitrogen and oxygen atoms in total. The topological polar surface area (TPSA) is 124 Å². The van der Waals surface area contributed by atoms with E-state index in [1.54, 1.807) is 0 Å². The van der Waals surface area contributed by atoms with Gasteiger partial charge in [0.15, 0.2) is 16.4 Å². The Hall–Kier alpha value is -2.49. The minimum Gasteiger partial charge on any atom is -0.452 e. The highest BCUT2D eigenvalue weighted by molar-refractivity contribution is 7.91. The van der Waals surface area contributed by atoms with Crippen molar-refractivity contribution in [3.05, 3.63) is 39.4 Å². The van der Waals surface area contributed by atoms with E-state index >= 15 is 0 Å². The van der Waals surface area contributed by atoms with E-state index in [4.69, 9.17) is 4.74 Å². The zero-order valence-electron chi connectivity index (χ0n) is 13.8. The second-order valence-electron chi connectivity index (χ2n) is 5.90. The van der Waals surface area contributed by atoms with Crippen molar-refractivity contribution in [3.8, 4) is 0 Å². The van der Waals surface area contributed by atoms with Gasteiger partial charge >= 0.3 is 5.97 Å². The molecule has 1 heterocycles. The Bertz CT molecular complexity index is 819. The summed E-state index contributed by atoms with van der Waals surface area (Å²) in [4.78, 5) is 35.5. The van der Waals surface area contributed by atoms with Crippen molar-refractivity contribution in [1.82, 2.24) is 4.90 Å². The fraction of sp³-hybridized carbons (Fsp3) is 0.467. The summed E-state index contributed by atoms with van der Waals surface area (Å²) in [7, 11) is -1.65. The summed E-state index contributed by atoms with van der Waals surface area (Å²) in [6.45, 7) is 0.969. The molecule has 1 aliphatic heterocycles. The van der Waals surface area contributed by atoms with Gasteiger partial charge in [0.1, 0.15) is 0 Å². The van der Waals surface area contributed by atoms with E-state index < -0.39 is 39.3 Å². The van der Waals surface area contributed by atoms with E-state index in [0.717, 1.165) is 0 Å². The minimum atomic E-state index is -3.12. The van der Waals surface area contributed by atoms with E-state index in [0.29, 0.717) is 12.0 Å². The number of hydrogen-bond donors (Lipinski definition) is 0. The first kappa shape index (κ1) is 18.8. The third-order valence-electron chi connectivity index (χ3n) is 4.11. The van der Waals surface area contributed by atoms with Gasteiger partial charge in [-0.05, 0) is 25.5 Å². The number of nitro groups is 1. The summed E-state index contributed by atoms with van der Waals surface area (Å²) >= 11 is 0. The number of carbonyl (C=O) groups excluding carboxylic acids is 2. The van der Waals surface area contributed by atoms with E-state index in [1.807, 2.05) is 0 Å². The van der Waals surface area contributed by atoms with Crippen molar-refractivity contribution in [3.63, 3.8) is 0 Å². The molecule has 0 unspecified atom stereocenters. The number of hydrogen-bond acceptors (Lipinski definition) is 7. The summed E-state index contributed by atoms with van der Waals surface area (Å²) in [5.41, 5.74) is 0.288. The molecule has 10 heteroatoms. The second-order valence-corrected chi connectivity index (χ2v) is 8.12. The molecule has 1 atom stereocenters. The molecular formula is C15H18N2O7S. The summed E-state index contributed by atoms with van der Waals surface area (Å²) in [5, 5.41) is 10.8. The maximum Gasteiger partial charge on any atom is 0.338 e. The number of esters is 1. The van der Waals surface area contributed by atoms with Crippen LogP contribution in [0, 0.1) is 17.0 Å². The SMILES string of the molecule is Cc1cc(C(=O)OCC(=O)N(C)[C@@H]2CCS(=O)(=O)C2)ccc1[N+](=O)[O-]. The number of ether oxygens (including phenoxy) is 1. The highest BCUT2D eigenvalue weighted by Gasteiger charge is 2.33. The third-order valence-corrected chi connectivity index (χ3v) is 5.86. The van der Waals surface area contributed by atoms with Crippen molar-refractivity contribution in [2.75, 3.05) is 25.2 Å². The fourth-order valence-corrected chi connectivity index (χ4v) is 4.36. The average Bonchev–Trinajstić information content (AvgIpc) is 2.91. The lowest BCUT2D eigenvalue weighted by molar-refractivity contribution is -0.385. The number of nitrogens with zero attached hydrogens (tertiary/aromatic N) is 2. The molecule has 2 rings (SSSR count). The van der Waals surface area contributed by atoms with Gasteiger partial charge in [-0.3, -0.25) is 14.9 Å². The van der Waals surface area contributed by atoms with Crippen LogP contribution in [-0.4, -0.2) is 61.3 Å². The first-order valence-electron chi connectivity index (χ1n) is 7.49. The fourth-order valence-electron chi connectivity index (χ4n) is 2.58. The minimum absolute atomic E-state index is 0.0388. The van der Waals surface area contributed by atoms with Crippen LogP contribution < -0.4 is 0 Å². The molecule has 25 heavy (non-hydrogen) atoms. The normalized spacial score (nSPS) is 18.6. The molecule has 1 aromatic rings. The molecular weight excluding hydrogens is 352 g/mol. The van der Waals surface area contributed by atoms with Crippen LogP contribution in [0.4, 0.5) is 5.69 Å². The van der Waals surface area contributed by atoms with Gasteiger partial charge in [0.05, 0.1) is 22.0 Å². The largest absolute Gasteiger partial charge is 0.452 e. The smallest absolute Gasteiger partial charge is 0.338 e. The van der Waals surface area contributed by atoms with E-state index in [1.165, 1.54) is 37.1 Å². The summed E-state index contributed by atoms with van der Waals surface area (Å²) in [6, 6.07) is 3.35. The van der Waals surface area contributed by atoms with Crippen molar-refractivity contribution in [2.45, 2.75) is 19.4 Å². The van der Waals surface area contributed by atoms with Gasteiger partial charge < -0.3 is 9.64 Å². The van der Waals surface area contributed by atoms with E-state index in [9.17, 15) is 28.1 Å². The van der Waals surface area contributed by atoms with E-state index in [2.05, 4.69) is 0 Å². The molecule has 1 saturated heterocycles. The zero-order chi connectivity index (χ0) is 18.8. The van der Waals surface area contributed by atoms with Gasteiger partial charge in [0.25, 0.3) is 11.6 Å². The summed E-state index contributed by atoms with van der Waals surface area (Å²) < 4.78 is 27.8. The van der Waals surface area contributed by atoms with Crippen LogP contribution in [-0.2, 0) is 19.4 Å². The number of nitro benzene ring substituents is 1. The molecule has 0 radical (unpaired) electrons. The van der Waals surface area contributed by atoms with Crippen LogP contribution in [0.3, 0.4) is 0 Å². The number of sulfone groups is 1. The Morgan fingerprint density at radius 2 is 2.08 bits per heavy atom. The van der Waals surface area contributed by atoms with Crippen molar-refractivity contribution >= 4 is 27.4 Å². The molecule has 0 bridgehead atoms. The maximum absolute atomic E-state index is 12.1. The summed E-state index contributed by atoms with van der Waals surface area (Å²) in [6.07, 6.45) is 0.361. The molecule has 0 aliphatic carbocycles. The van der Waals surface area contributed by atoms with Crippen LogP contribution in [0.25, 0.3) is 0 Å². The average molecular weight is 370 g/mol. The lowest BCUT2D eigenvalue weighted by atomic mass is 10.1. The van der Waals surface area contributed by atoms with Crippen molar-refractivity contribution in [1.29, 1.82) is 0 Å². The Kier molecular flexibility index (Phi) is 5.41. The molecule has 1 aliphatic rings. The molecule has 1 aromatic carbocycles. The van der Waals surface area contributed by atoms with Crippen molar-refractivity contribution < 1.29 is 27.7 Å². The standard InChI is InChI=1S/C15H18N2O7S/c1-10-7-11(3-4-13(10)17(20)21)15(19)24-8-14(18)16(2)12-5-6-25(22,23)9-12/h3-4,7,12H,5-6,8-9H2,1-2H3/t12-/m1/s1. The van der Waals surface area contributed by atoms with Gasteiger partial charge in [-0.2, -0.15) is 0 Å². The predicted octanol–water partition coefficient (Wildman–Crippen LogP) is 0.706. The Morgan fingerprint density at radius 3 is 2.60 bits per heavy atom. The number of carbonyl (C=O) groups is 2. The lowest BCUT2D eigenvalue weighted by Crippen LogP contribution is -2.40. The predicted molar refractivity (Wildman–Crippen MR) is 87.9 cm³/mol. The molecule has 0 saturated carbocycles. The quantitative estimate of drug-likeness (QED) is 0.424. The van der Waals surface area contributed by atoms with Crippen molar-refractivity contribution in [2.24, 2.45) is 0 Å². The Balaban J connectivity index is 1.94. The lowest BCUT2D eigenvalue weighted by Gasteiger charge is -2.23. The number of rotatable bonds is 5. The molecule has 0 aromatic heterocycles.